The van der Waals surface area contributed by atoms with E-state index in [0.29, 0.717) is 18.0 Å². The van der Waals surface area contributed by atoms with E-state index in [9.17, 15) is 5.11 Å². The van der Waals surface area contributed by atoms with Crippen molar-refractivity contribution in [2.45, 2.75) is 58.7 Å². The van der Waals surface area contributed by atoms with Crippen molar-refractivity contribution < 1.29 is 5.11 Å². The lowest BCUT2D eigenvalue weighted by Gasteiger charge is -2.38. The zero-order chi connectivity index (χ0) is 12.9. The Morgan fingerprint density at radius 1 is 1.25 bits per heavy atom. The monoisotopic (exact) mass is 230 g/mol. The molecule has 0 fully saturated rings. The van der Waals surface area contributed by atoms with Gasteiger partial charge in [-0.3, -0.25) is 0 Å². The molecule has 0 aliphatic rings. The predicted molar refractivity (Wildman–Crippen MR) is 70.7 cm³/mol. The van der Waals surface area contributed by atoms with Crippen molar-refractivity contribution in [1.29, 1.82) is 0 Å². The Bertz CT molecular complexity index is 190. The minimum Gasteiger partial charge on any atom is -0.394 e. The van der Waals surface area contributed by atoms with Crippen LogP contribution in [0.3, 0.4) is 0 Å². The van der Waals surface area contributed by atoms with Gasteiger partial charge in [0.15, 0.2) is 0 Å². The molecule has 3 unspecified atom stereocenters. The van der Waals surface area contributed by atoms with Gasteiger partial charge in [-0.1, -0.05) is 13.8 Å². The standard InChI is InChI=1S/C13H30N2O/c1-10(2)12(4)15(7)11(3)8-13(5,9-16)14-6/h10-12,14,16H,8-9H2,1-7H3. The SMILES string of the molecule is CNC(C)(CO)CC(C)N(C)C(C)C(C)C. The van der Waals surface area contributed by atoms with E-state index in [1.165, 1.54) is 0 Å². The van der Waals surface area contributed by atoms with Gasteiger partial charge in [0.1, 0.15) is 0 Å². The molecule has 0 radical (unpaired) electrons. The first-order valence-corrected chi connectivity index (χ1v) is 6.29. The molecule has 0 spiro atoms. The van der Waals surface area contributed by atoms with Crippen LogP contribution in [0.2, 0.25) is 0 Å². The summed E-state index contributed by atoms with van der Waals surface area (Å²) >= 11 is 0. The van der Waals surface area contributed by atoms with Crippen LogP contribution in [-0.2, 0) is 0 Å². The van der Waals surface area contributed by atoms with E-state index in [0.717, 1.165) is 6.42 Å². The van der Waals surface area contributed by atoms with Crippen LogP contribution in [0.15, 0.2) is 0 Å². The fourth-order valence-corrected chi connectivity index (χ4v) is 1.91. The average Bonchev–Trinajstić information content (AvgIpc) is 2.26. The van der Waals surface area contributed by atoms with Crippen LogP contribution >= 0.6 is 0 Å². The van der Waals surface area contributed by atoms with Crippen molar-refractivity contribution in [1.82, 2.24) is 10.2 Å². The summed E-state index contributed by atoms with van der Waals surface area (Å²) < 4.78 is 0. The summed E-state index contributed by atoms with van der Waals surface area (Å²) in [5, 5.41) is 12.6. The highest BCUT2D eigenvalue weighted by Gasteiger charge is 2.27. The van der Waals surface area contributed by atoms with Crippen LogP contribution in [0.4, 0.5) is 0 Å². The number of likely N-dealkylation sites (N-methyl/N-ethyl adjacent to an activating group) is 1. The first-order valence-electron chi connectivity index (χ1n) is 6.29. The largest absolute Gasteiger partial charge is 0.394 e. The van der Waals surface area contributed by atoms with E-state index in [1.807, 2.05) is 7.05 Å². The van der Waals surface area contributed by atoms with Crippen molar-refractivity contribution in [2.75, 3.05) is 20.7 Å². The maximum atomic E-state index is 9.38. The number of hydrogen-bond acceptors (Lipinski definition) is 3. The lowest BCUT2D eigenvalue weighted by molar-refractivity contribution is 0.100. The number of aliphatic hydroxyl groups excluding tert-OH is 1. The molecule has 3 heteroatoms. The molecule has 16 heavy (non-hydrogen) atoms. The molecule has 0 aliphatic heterocycles. The maximum absolute atomic E-state index is 9.38. The van der Waals surface area contributed by atoms with E-state index in [4.69, 9.17) is 0 Å². The van der Waals surface area contributed by atoms with Crippen molar-refractivity contribution in [3.05, 3.63) is 0 Å². The van der Waals surface area contributed by atoms with Crippen molar-refractivity contribution in [3.63, 3.8) is 0 Å². The van der Waals surface area contributed by atoms with Crippen LogP contribution < -0.4 is 5.32 Å². The van der Waals surface area contributed by atoms with Crippen LogP contribution in [0, 0.1) is 5.92 Å². The third-order valence-electron chi connectivity index (χ3n) is 4.00. The van der Waals surface area contributed by atoms with Gasteiger partial charge in [-0.2, -0.15) is 0 Å². The number of rotatable bonds is 7. The van der Waals surface area contributed by atoms with E-state index in [2.05, 4.69) is 51.9 Å². The summed E-state index contributed by atoms with van der Waals surface area (Å²) in [7, 11) is 4.08. The molecule has 0 saturated carbocycles. The quantitative estimate of drug-likeness (QED) is 0.699. The fraction of sp³-hybridized carbons (Fsp3) is 1.00. The molecule has 0 aromatic carbocycles. The van der Waals surface area contributed by atoms with Gasteiger partial charge in [0.2, 0.25) is 0 Å². The summed E-state index contributed by atoms with van der Waals surface area (Å²) in [5.74, 6) is 0.655. The van der Waals surface area contributed by atoms with Gasteiger partial charge < -0.3 is 15.3 Å². The molecular weight excluding hydrogens is 200 g/mol. The normalized spacial score (nSPS) is 19.9. The molecular formula is C13H30N2O. The van der Waals surface area contributed by atoms with E-state index in [1.54, 1.807) is 0 Å². The predicted octanol–water partition coefficient (Wildman–Crippen LogP) is 1.71. The molecule has 3 atom stereocenters. The Morgan fingerprint density at radius 2 is 1.75 bits per heavy atom. The molecule has 98 valence electrons. The van der Waals surface area contributed by atoms with E-state index < -0.39 is 0 Å². The molecule has 0 aliphatic carbocycles. The minimum absolute atomic E-state index is 0.176. The number of aliphatic hydroxyl groups is 1. The molecule has 0 rings (SSSR count). The Kier molecular flexibility index (Phi) is 6.53. The summed E-state index contributed by atoms with van der Waals surface area (Å²) in [6, 6.07) is 1.02. The molecule has 0 saturated heterocycles. The highest BCUT2D eigenvalue weighted by molar-refractivity contribution is 4.86. The van der Waals surface area contributed by atoms with Gasteiger partial charge in [0.25, 0.3) is 0 Å². The highest BCUT2D eigenvalue weighted by atomic mass is 16.3. The number of nitrogens with one attached hydrogen (secondary N) is 1. The van der Waals surface area contributed by atoms with Gasteiger partial charge >= 0.3 is 0 Å². The van der Waals surface area contributed by atoms with Crippen LogP contribution in [0.5, 0.6) is 0 Å². The van der Waals surface area contributed by atoms with Crippen molar-refractivity contribution in [2.24, 2.45) is 5.92 Å². The van der Waals surface area contributed by atoms with Gasteiger partial charge in [0, 0.05) is 17.6 Å². The van der Waals surface area contributed by atoms with Gasteiger partial charge in [-0.15, -0.1) is 0 Å². The lowest BCUT2D eigenvalue weighted by Crippen LogP contribution is -2.50. The maximum Gasteiger partial charge on any atom is 0.0611 e. The van der Waals surface area contributed by atoms with Gasteiger partial charge in [-0.05, 0) is 47.2 Å². The topological polar surface area (TPSA) is 35.5 Å². The Balaban J connectivity index is 4.39. The molecule has 0 aromatic rings. The first kappa shape index (κ1) is 15.9. The summed E-state index contributed by atoms with van der Waals surface area (Å²) in [6.45, 7) is 11.2. The van der Waals surface area contributed by atoms with Gasteiger partial charge in [-0.25, -0.2) is 0 Å². The van der Waals surface area contributed by atoms with Crippen LogP contribution in [0.25, 0.3) is 0 Å². The molecule has 0 bridgehead atoms. The summed E-state index contributed by atoms with van der Waals surface area (Å²) in [5.41, 5.74) is -0.176. The third-order valence-corrected chi connectivity index (χ3v) is 4.00. The molecule has 2 N–H and O–H groups in total. The Hall–Kier alpha value is -0.120. The number of nitrogens with zero attached hydrogens (tertiary/aromatic N) is 1. The fourth-order valence-electron chi connectivity index (χ4n) is 1.91. The van der Waals surface area contributed by atoms with Crippen molar-refractivity contribution in [3.8, 4) is 0 Å². The molecule has 0 amide bonds. The lowest BCUT2D eigenvalue weighted by atomic mass is 9.92. The van der Waals surface area contributed by atoms with E-state index >= 15 is 0 Å². The second-order valence-corrected chi connectivity index (χ2v) is 5.67. The zero-order valence-corrected chi connectivity index (χ0v) is 12.0. The van der Waals surface area contributed by atoms with Gasteiger partial charge in [0.05, 0.1) is 6.61 Å². The van der Waals surface area contributed by atoms with Crippen molar-refractivity contribution >= 4 is 0 Å². The first-order chi connectivity index (χ1) is 7.27. The number of hydrogen-bond donors (Lipinski definition) is 2. The molecule has 0 aromatic heterocycles. The summed E-state index contributed by atoms with van der Waals surface area (Å²) in [6.07, 6.45) is 0.952. The smallest absolute Gasteiger partial charge is 0.0611 e. The third kappa shape index (κ3) is 4.40. The average molecular weight is 230 g/mol. The van der Waals surface area contributed by atoms with E-state index in [-0.39, 0.29) is 12.1 Å². The second-order valence-electron chi connectivity index (χ2n) is 5.67. The summed E-state index contributed by atoms with van der Waals surface area (Å²) in [4.78, 5) is 2.40. The van der Waals surface area contributed by atoms with Crippen LogP contribution in [-0.4, -0.2) is 48.3 Å². The minimum atomic E-state index is -0.176. The molecule has 3 nitrogen and oxygen atoms in total. The Morgan fingerprint density at radius 3 is 2.06 bits per heavy atom. The molecule has 0 heterocycles. The zero-order valence-electron chi connectivity index (χ0n) is 12.0. The van der Waals surface area contributed by atoms with Crippen LogP contribution in [0.1, 0.15) is 41.0 Å². The Labute approximate surface area is 101 Å². The highest BCUT2D eigenvalue weighted by Crippen LogP contribution is 2.18. The second kappa shape index (κ2) is 6.58.